The average molecular weight is 461 g/mol. The monoisotopic (exact) mass is 460 g/mol. The van der Waals surface area contributed by atoms with Gasteiger partial charge < -0.3 is 15.3 Å². The lowest BCUT2D eigenvalue weighted by molar-refractivity contribution is -0.125. The van der Waals surface area contributed by atoms with Gasteiger partial charge in [-0.2, -0.15) is 0 Å². The molecule has 3 aromatic rings. The number of likely N-dealkylation sites (tertiary alicyclic amines) is 1. The number of carbonyl (C=O) groups is 2. The van der Waals surface area contributed by atoms with Crippen LogP contribution >= 0.6 is 11.6 Å². The Labute approximate surface area is 198 Å². The first-order valence-corrected chi connectivity index (χ1v) is 11.3. The molecule has 168 valence electrons. The minimum absolute atomic E-state index is 0.0626. The first-order valence-electron chi connectivity index (χ1n) is 10.8. The summed E-state index contributed by atoms with van der Waals surface area (Å²) in [6.45, 7) is 0.356. The standard InChI is InChI=1S/C27H25ClN2O3/c28-16-19-15-24(26(32)29-17-25(31)22-9-5-2-6-10-22)30(18-19)27(33)23-13-11-21(12-14-23)20-7-3-1-4-8-20/h1-14,16,24-25,31H,15,17-18H2,(H,29,32)/t24-,25?/m0/s1. The molecule has 33 heavy (non-hydrogen) atoms. The highest BCUT2D eigenvalue weighted by molar-refractivity contribution is 6.25. The molecule has 2 N–H and O–H groups in total. The summed E-state index contributed by atoms with van der Waals surface area (Å²) in [5.41, 5.74) is 5.56. The van der Waals surface area contributed by atoms with Gasteiger partial charge >= 0.3 is 0 Å². The number of carbonyl (C=O) groups excluding carboxylic acids is 2. The first-order chi connectivity index (χ1) is 16.1. The number of amides is 2. The van der Waals surface area contributed by atoms with Gasteiger partial charge in [0.1, 0.15) is 6.04 Å². The molecule has 1 aliphatic rings. The fourth-order valence-corrected chi connectivity index (χ4v) is 4.15. The van der Waals surface area contributed by atoms with Crippen molar-refractivity contribution in [1.82, 2.24) is 10.2 Å². The number of benzene rings is 3. The molecule has 0 aliphatic carbocycles. The summed E-state index contributed by atoms with van der Waals surface area (Å²) in [6, 6.07) is 25.7. The molecule has 5 nitrogen and oxygen atoms in total. The Hall–Kier alpha value is -3.41. The third kappa shape index (κ3) is 5.33. The number of nitrogens with one attached hydrogen (secondary N) is 1. The van der Waals surface area contributed by atoms with Crippen LogP contribution in [0.1, 0.15) is 28.4 Å². The predicted octanol–water partition coefficient (Wildman–Crippen LogP) is 4.54. The summed E-state index contributed by atoms with van der Waals surface area (Å²) in [6.07, 6.45) is -0.459. The first kappa shape index (κ1) is 22.8. The highest BCUT2D eigenvalue weighted by Crippen LogP contribution is 2.27. The zero-order valence-electron chi connectivity index (χ0n) is 18.0. The molecular weight excluding hydrogens is 436 g/mol. The molecule has 0 radical (unpaired) electrons. The molecule has 1 aliphatic heterocycles. The highest BCUT2D eigenvalue weighted by atomic mass is 35.5. The van der Waals surface area contributed by atoms with E-state index in [0.29, 0.717) is 18.5 Å². The second kappa shape index (κ2) is 10.5. The third-order valence-corrected chi connectivity index (χ3v) is 6.12. The quantitative estimate of drug-likeness (QED) is 0.567. The van der Waals surface area contributed by atoms with Crippen molar-refractivity contribution in [2.75, 3.05) is 13.1 Å². The van der Waals surface area contributed by atoms with Gasteiger partial charge in [-0.3, -0.25) is 9.59 Å². The molecule has 2 amide bonds. The van der Waals surface area contributed by atoms with Crippen molar-refractivity contribution in [2.45, 2.75) is 18.6 Å². The van der Waals surface area contributed by atoms with Gasteiger partial charge in [-0.05, 0) is 34.4 Å². The third-order valence-electron chi connectivity index (χ3n) is 5.82. The number of halogens is 1. The van der Waals surface area contributed by atoms with E-state index in [1.807, 2.05) is 60.7 Å². The van der Waals surface area contributed by atoms with E-state index in [2.05, 4.69) is 5.32 Å². The average Bonchev–Trinajstić information content (AvgIpc) is 3.32. The van der Waals surface area contributed by atoms with E-state index in [0.717, 1.165) is 22.3 Å². The van der Waals surface area contributed by atoms with Crippen molar-refractivity contribution >= 4 is 23.4 Å². The van der Waals surface area contributed by atoms with Crippen LogP contribution in [0, 0.1) is 0 Å². The molecule has 6 heteroatoms. The fraction of sp³-hybridized carbons (Fsp3) is 0.185. The molecule has 1 fully saturated rings. The maximum absolute atomic E-state index is 13.3. The van der Waals surface area contributed by atoms with Crippen molar-refractivity contribution in [3.05, 3.63) is 107 Å². The Morgan fingerprint density at radius 3 is 2.21 bits per heavy atom. The Morgan fingerprint density at radius 2 is 1.58 bits per heavy atom. The summed E-state index contributed by atoms with van der Waals surface area (Å²) in [7, 11) is 0. The van der Waals surface area contributed by atoms with Gasteiger partial charge in [0, 0.05) is 30.6 Å². The van der Waals surface area contributed by atoms with E-state index in [9.17, 15) is 14.7 Å². The maximum Gasteiger partial charge on any atom is 0.254 e. The molecule has 0 saturated carbocycles. The van der Waals surface area contributed by atoms with Gasteiger partial charge in [-0.15, -0.1) is 0 Å². The number of aliphatic hydroxyl groups excluding tert-OH is 1. The normalized spacial score (nSPS) is 17.7. The van der Waals surface area contributed by atoms with Crippen LogP contribution in [0.25, 0.3) is 11.1 Å². The number of nitrogens with zero attached hydrogens (tertiary/aromatic N) is 1. The molecule has 2 atom stereocenters. The Bertz CT molecular complexity index is 1130. The molecule has 0 spiro atoms. The van der Waals surface area contributed by atoms with Gasteiger partial charge in [0.2, 0.25) is 5.91 Å². The summed E-state index contributed by atoms with van der Waals surface area (Å²) in [5, 5.41) is 13.1. The van der Waals surface area contributed by atoms with Crippen LogP contribution in [0.2, 0.25) is 0 Å². The van der Waals surface area contributed by atoms with Crippen molar-refractivity contribution in [3.8, 4) is 11.1 Å². The molecule has 0 bridgehead atoms. The number of hydrogen-bond acceptors (Lipinski definition) is 3. The van der Waals surface area contributed by atoms with Crippen LogP contribution in [0.15, 0.2) is 96.0 Å². The van der Waals surface area contributed by atoms with E-state index >= 15 is 0 Å². The van der Waals surface area contributed by atoms with Crippen LogP contribution in [0.3, 0.4) is 0 Å². The van der Waals surface area contributed by atoms with E-state index in [4.69, 9.17) is 11.6 Å². The molecule has 3 aromatic carbocycles. The minimum Gasteiger partial charge on any atom is -0.387 e. The van der Waals surface area contributed by atoms with Crippen molar-refractivity contribution in [2.24, 2.45) is 0 Å². The van der Waals surface area contributed by atoms with Gasteiger partial charge in [0.15, 0.2) is 0 Å². The van der Waals surface area contributed by atoms with Gasteiger partial charge in [-0.25, -0.2) is 0 Å². The van der Waals surface area contributed by atoms with Crippen LogP contribution in [-0.2, 0) is 4.79 Å². The molecule has 1 heterocycles. The summed E-state index contributed by atoms with van der Waals surface area (Å²) < 4.78 is 0. The number of rotatable bonds is 6. The van der Waals surface area contributed by atoms with Crippen LogP contribution < -0.4 is 5.32 Å². The van der Waals surface area contributed by atoms with Gasteiger partial charge in [0.25, 0.3) is 5.91 Å². The summed E-state index contributed by atoms with van der Waals surface area (Å²) >= 11 is 5.92. The van der Waals surface area contributed by atoms with Crippen LogP contribution in [0.5, 0.6) is 0 Å². The molecule has 4 rings (SSSR count). The lowest BCUT2D eigenvalue weighted by atomic mass is 10.0. The van der Waals surface area contributed by atoms with Gasteiger partial charge in [-0.1, -0.05) is 84.4 Å². The van der Waals surface area contributed by atoms with Gasteiger partial charge in [0.05, 0.1) is 6.10 Å². The molecule has 0 aromatic heterocycles. The largest absolute Gasteiger partial charge is 0.387 e. The van der Waals surface area contributed by atoms with E-state index in [-0.39, 0.29) is 18.4 Å². The van der Waals surface area contributed by atoms with E-state index in [1.54, 1.807) is 24.3 Å². The topological polar surface area (TPSA) is 69.6 Å². The lowest BCUT2D eigenvalue weighted by Crippen LogP contribution is -2.46. The Morgan fingerprint density at radius 1 is 0.970 bits per heavy atom. The zero-order valence-corrected chi connectivity index (χ0v) is 18.8. The smallest absolute Gasteiger partial charge is 0.254 e. The summed E-state index contributed by atoms with van der Waals surface area (Å²) in [4.78, 5) is 27.7. The predicted molar refractivity (Wildman–Crippen MR) is 130 cm³/mol. The SMILES string of the molecule is O=C(NCC(O)c1ccccc1)[C@@H]1CC(=CCl)CN1C(=O)c1ccc(-c2ccccc2)cc1. The molecule has 1 unspecified atom stereocenters. The Kier molecular flexibility index (Phi) is 7.23. The van der Waals surface area contributed by atoms with Crippen LogP contribution in [-0.4, -0.2) is 41.0 Å². The number of hydrogen-bond donors (Lipinski definition) is 2. The van der Waals surface area contributed by atoms with Crippen molar-refractivity contribution in [3.63, 3.8) is 0 Å². The minimum atomic E-state index is -0.825. The van der Waals surface area contributed by atoms with Crippen molar-refractivity contribution in [1.29, 1.82) is 0 Å². The second-order valence-electron chi connectivity index (χ2n) is 8.04. The summed E-state index contributed by atoms with van der Waals surface area (Å²) in [5.74, 6) is -0.542. The van der Waals surface area contributed by atoms with Crippen LogP contribution in [0.4, 0.5) is 0 Å². The number of aliphatic hydroxyl groups is 1. The van der Waals surface area contributed by atoms with E-state index in [1.165, 1.54) is 10.4 Å². The fourth-order valence-electron chi connectivity index (χ4n) is 3.99. The second-order valence-corrected chi connectivity index (χ2v) is 8.25. The molecular formula is C27H25ClN2O3. The maximum atomic E-state index is 13.3. The van der Waals surface area contributed by atoms with Crippen molar-refractivity contribution < 1.29 is 14.7 Å². The lowest BCUT2D eigenvalue weighted by Gasteiger charge is -2.24. The zero-order chi connectivity index (χ0) is 23.2. The molecule has 1 saturated heterocycles. The Balaban J connectivity index is 1.46. The highest BCUT2D eigenvalue weighted by Gasteiger charge is 2.37. The van der Waals surface area contributed by atoms with E-state index < -0.39 is 12.1 Å².